The van der Waals surface area contributed by atoms with Crippen LogP contribution in [-0.4, -0.2) is 29.5 Å². The quantitative estimate of drug-likeness (QED) is 0.644. The van der Waals surface area contributed by atoms with Gasteiger partial charge in [-0.1, -0.05) is 18.2 Å². The second-order valence-corrected chi connectivity index (χ2v) is 6.14. The fourth-order valence-corrected chi connectivity index (χ4v) is 2.42. The minimum Gasteiger partial charge on any atom is -0.457 e. The standard InChI is InChI=1S/C20H21ClN2O4/c1-14(18(24)13-21)22-19(25)11-12-20(26)23-15-7-9-17(10-8-15)27-16-5-3-2-4-6-16/h2-10,14H,11-13H2,1H3,(H,22,25)(H,23,26)/t14-/m0/s1. The lowest BCUT2D eigenvalue weighted by molar-refractivity contribution is -0.127. The van der Waals surface area contributed by atoms with Gasteiger partial charge in [-0.25, -0.2) is 0 Å². The van der Waals surface area contributed by atoms with Crippen LogP contribution in [0.3, 0.4) is 0 Å². The highest BCUT2D eigenvalue weighted by Gasteiger charge is 2.15. The van der Waals surface area contributed by atoms with E-state index in [1.54, 1.807) is 31.2 Å². The Hall–Kier alpha value is -2.86. The molecule has 2 amide bonds. The molecule has 0 radical (unpaired) electrons. The molecule has 0 saturated heterocycles. The Morgan fingerprint density at radius 2 is 1.52 bits per heavy atom. The van der Waals surface area contributed by atoms with Gasteiger partial charge < -0.3 is 15.4 Å². The molecule has 0 spiro atoms. The number of Topliss-reactive ketones (excluding diaryl/α,β-unsaturated/α-hetero) is 1. The molecule has 0 heterocycles. The smallest absolute Gasteiger partial charge is 0.224 e. The molecule has 1 atom stereocenters. The number of para-hydroxylation sites is 1. The van der Waals surface area contributed by atoms with E-state index in [0.717, 1.165) is 5.75 Å². The number of alkyl halides is 1. The van der Waals surface area contributed by atoms with Gasteiger partial charge >= 0.3 is 0 Å². The number of nitrogens with one attached hydrogen (secondary N) is 2. The molecule has 0 aliphatic heterocycles. The van der Waals surface area contributed by atoms with Gasteiger partial charge in [0.1, 0.15) is 11.5 Å². The first-order chi connectivity index (χ1) is 13.0. The van der Waals surface area contributed by atoms with Crippen molar-refractivity contribution in [3.8, 4) is 11.5 Å². The third kappa shape index (κ3) is 7.11. The number of rotatable bonds is 9. The number of ether oxygens (including phenoxy) is 1. The van der Waals surface area contributed by atoms with Crippen molar-refractivity contribution < 1.29 is 19.1 Å². The van der Waals surface area contributed by atoms with Crippen LogP contribution >= 0.6 is 11.6 Å². The van der Waals surface area contributed by atoms with Gasteiger partial charge in [0.2, 0.25) is 11.8 Å². The molecule has 2 aromatic carbocycles. The Bertz CT molecular complexity index is 778. The van der Waals surface area contributed by atoms with Crippen LogP contribution in [0.15, 0.2) is 54.6 Å². The fraction of sp³-hybridized carbons (Fsp3) is 0.250. The van der Waals surface area contributed by atoms with Gasteiger partial charge in [0.25, 0.3) is 0 Å². The molecule has 2 N–H and O–H groups in total. The molecule has 0 aromatic heterocycles. The van der Waals surface area contributed by atoms with Gasteiger partial charge in [-0.3, -0.25) is 14.4 Å². The van der Waals surface area contributed by atoms with Crippen LogP contribution in [0.4, 0.5) is 5.69 Å². The molecule has 0 saturated carbocycles. The number of benzene rings is 2. The summed E-state index contributed by atoms with van der Waals surface area (Å²) < 4.78 is 5.68. The summed E-state index contributed by atoms with van der Waals surface area (Å²) in [5, 5.41) is 5.22. The Labute approximate surface area is 162 Å². The van der Waals surface area contributed by atoms with Crippen LogP contribution in [0.5, 0.6) is 11.5 Å². The zero-order chi connectivity index (χ0) is 19.6. The van der Waals surface area contributed by atoms with E-state index >= 15 is 0 Å². The minimum absolute atomic E-state index is 0.00981. The molecular formula is C20H21ClN2O4. The number of anilines is 1. The van der Waals surface area contributed by atoms with Crippen LogP contribution < -0.4 is 15.4 Å². The van der Waals surface area contributed by atoms with Crippen molar-refractivity contribution in [2.75, 3.05) is 11.2 Å². The van der Waals surface area contributed by atoms with E-state index in [1.165, 1.54) is 0 Å². The number of ketones is 1. The lowest BCUT2D eigenvalue weighted by Crippen LogP contribution is -2.39. The minimum atomic E-state index is -0.657. The third-order valence-electron chi connectivity index (χ3n) is 3.69. The highest BCUT2D eigenvalue weighted by molar-refractivity contribution is 6.28. The molecule has 142 valence electrons. The molecule has 0 aliphatic rings. The molecule has 0 fully saturated rings. The van der Waals surface area contributed by atoms with Gasteiger partial charge in [0.05, 0.1) is 11.9 Å². The normalized spacial score (nSPS) is 11.3. The van der Waals surface area contributed by atoms with Crippen LogP contribution in [0.2, 0.25) is 0 Å². The zero-order valence-electron chi connectivity index (χ0n) is 14.9. The predicted octanol–water partition coefficient (Wildman–Crippen LogP) is 3.51. The molecule has 0 unspecified atom stereocenters. The summed E-state index contributed by atoms with van der Waals surface area (Å²) in [6.45, 7) is 1.56. The lowest BCUT2D eigenvalue weighted by atomic mass is 10.2. The molecule has 7 heteroatoms. The van der Waals surface area contributed by atoms with Crippen molar-refractivity contribution in [2.24, 2.45) is 0 Å². The molecular weight excluding hydrogens is 368 g/mol. The van der Waals surface area contributed by atoms with Gasteiger partial charge in [-0.05, 0) is 43.3 Å². The van der Waals surface area contributed by atoms with Crippen molar-refractivity contribution in [1.29, 1.82) is 0 Å². The van der Waals surface area contributed by atoms with E-state index in [-0.39, 0.29) is 36.3 Å². The first kappa shape index (κ1) is 20.5. The maximum atomic E-state index is 12.0. The van der Waals surface area contributed by atoms with Crippen LogP contribution in [-0.2, 0) is 14.4 Å². The van der Waals surface area contributed by atoms with E-state index < -0.39 is 6.04 Å². The summed E-state index contributed by atoms with van der Waals surface area (Å²) in [7, 11) is 0. The van der Waals surface area contributed by atoms with Crippen molar-refractivity contribution in [2.45, 2.75) is 25.8 Å². The van der Waals surface area contributed by atoms with Crippen LogP contribution in [0.1, 0.15) is 19.8 Å². The maximum absolute atomic E-state index is 12.0. The van der Waals surface area contributed by atoms with E-state index in [9.17, 15) is 14.4 Å². The largest absolute Gasteiger partial charge is 0.457 e. The molecule has 2 aromatic rings. The van der Waals surface area contributed by atoms with Crippen molar-refractivity contribution in [3.63, 3.8) is 0 Å². The third-order valence-corrected chi connectivity index (χ3v) is 3.95. The fourth-order valence-electron chi connectivity index (χ4n) is 2.19. The number of halogens is 1. The average Bonchev–Trinajstić information content (AvgIpc) is 2.68. The Kier molecular flexibility index (Phi) is 7.82. The molecule has 6 nitrogen and oxygen atoms in total. The predicted molar refractivity (Wildman–Crippen MR) is 104 cm³/mol. The summed E-state index contributed by atoms with van der Waals surface area (Å²) in [6.07, 6.45) is -0.00315. The molecule has 0 bridgehead atoms. The Morgan fingerprint density at radius 1 is 0.926 bits per heavy atom. The SMILES string of the molecule is C[C@H](NC(=O)CCC(=O)Nc1ccc(Oc2ccccc2)cc1)C(=O)CCl. The van der Waals surface area contributed by atoms with Crippen LogP contribution in [0.25, 0.3) is 0 Å². The number of amides is 2. The second-order valence-electron chi connectivity index (χ2n) is 5.88. The highest BCUT2D eigenvalue weighted by Crippen LogP contribution is 2.22. The van der Waals surface area contributed by atoms with E-state index in [4.69, 9.17) is 16.3 Å². The number of carbonyl (C=O) groups excluding carboxylic acids is 3. The summed E-state index contributed by atoms with van der Waals surface area (Å²) in [5.41, 5.74) is 0.603. The summed E-state index contributed by atoms with van der Waals surface area (Å²) in [6, 6.07) is 15.6. The number of hydrogen-bond acceptors (Lipinski definition) is 4. The zero-order valence-corrected chi connectivity index (χ0v) is 15.7. The van der Waals surface area contributed by atoms with Crippen LogP contribution in [0, 0.1) is 0 Å². The summed E-state index contributed by atoms with van der Waals surface area (Å²) in [5.74, 6) is 0.276. The number of carbonyl (C=O) groups is 3. The molecule has 0 aliphatic carbocycles. The highest BCUT2D eigenvalue weighted by atomic mass is 35.5. The summed E-state index contributed by atoms with van der Waals surface area (Å²) >= 11 is 5.43. The van der Waals surface area contributed by atoms with Gasteiger partial charge in [-0.15, -0.1) is 11.6 Å². The first-order valence-corrected chi connectivity index (χ1v) is 9.02. The average molecular weight is 389 g/mol. The number of hydrogen-bond donors (Lipinski definition) is 2. The molecule has 27 heavy (non-hydrogen) atoms. The first-order valence-electron chi connectivity index (χ1n) is 8.49. The second kappa shape index (κ2) is 10.3. The van der Waals surface area contributed by atoms with E-state index in [1.807, 2.05) is 30.3 Å². The Morgan fingerprint density at radius 3 is 2.15 bits per heavy atom. The van der Waals surface area contributed by atoms with Gasteiger partial charge in [0, 0.05) is 18.5 Å². The Balaban J connectivity index is 1.77. The summed E-state index contributed by atoms with van der Waals surface area (Å²) in [4.78, 5) is 35.0. The molecule has 2 rings (SSSR count). The van der Waals surface area contributed by atoms with Crippen molar-refractivity contribution in [3.05, 3.63) is 54.6 Å². The lowest BCUT2D eigenvalue weighted by Gasteiger charge is -2.11. The van der Waals surface area contributed by atoms with Crippen molar-refractivity contribution in [1.82, 2.24) is 5.32 Å². The van der Waals surface area contributed by atoms with E-state index in [2.05, 4.69) is 10.6 Å². The van der Waals surface area contributed by atoms with Gasteiger partial charge in [-0.2, -0.15) is 0 Å². The monoisotopic (exact) mass is 388 g/mol. The van der Waals surface area contributed by atoms with E-state index in [0.29, 0.717) is 11.4 Å². The van der Waals surface area contributed by atoms with Crippen molar-refractivity contribution >= 4 is 34.9 Å². The van der Waals surface area contributed by atoms with Gasteiger partial charge in [0.15, 0.2) is 5.78 Å². The maximum Gasteiger partial charge on any atom is 0.224 e. The topological polar surface area (TPSA) is 84.5 Å².